The van der Waals surface area contributed by atoms with Crippen LogP contribution in [0.4, 0.5) is 5.13 Å². The zero-order chi connectivity index (χ0) is 23.8. The van der Waals surface area contributed by atoms with E-state index in [1.165, 1.54) is 45.9 Å². The Bertz CT molecular complexity index is 1390. The summed E-state index contributed by atoms with van der Waals surface area (Å²) < 4.78 is 11.6. The molecule has 0 radical (unpaired) electrons. The van der Waals surface area contributed by atoms with Crippen molar-refractivity contribution in [1.29, 1.82) is 0 Å². The molecule has 1 unspecified atom stereocenters. The van der Waals surface area contributed by atoms with Crippen molar-refractivity contribution in [3.8, 4) is 0 Å². The van der Waals surface area contributed by atoms with Crippen LogP contribution in [0.5, 0.6) is 0 Å². The molecule has 34 heavy (non-hydrogen) atoms. The van der Waals surface area contributed by atoms with E-state index in [2.05, 4.69) is 22.3 Å². The number of benzene rings is 1. The van der Waals surface area contributed by atoms with Gasteiger partial charge in [-0.05, 0) is 43.7 Å². The van der Waals surface area contributed by atoms with Crippen molar-refractivity contribution >= 4 is 39.9 Å². The van der Waals surface area contributed by atoms with Gasteiger partial charge in [-0.1, -0.05) is 52.9 Å². The molecule has 0 saturated carbocycles. The number of hydrogen-bond acceptors (Lipinski definition) is 9. The number of carbonyl (C=O) groups is 2. The molecule has 1 aromatic carbocycles. The number of aryl methyl sites for hydroxylation is 2. The standard InChI is InChI=1S/C24H19N3O5S2/c1-13-5-8-15(9-6-13)12-33-24-26-25-23(34-24)27-19(16-4-3-11-31-16)18(21(29)22(27)30)20(28)17-10-7-14(2)32-17/h3-11,19,29H,12H2,1-2H3. The fourth-order valence-electron chi connectivity index (χ4n) is 3.63. The number of aromatic nitrogens is 2. The van der Waals surface area contributed by atoms with Gasteiger partial charge in [-0.25, -0.2) is 0 Å². The molecule has 0 saturated heterocycles. The summed E-state index contributed by atoms with van der Waals surface area (Å²) in [5.74, 6) is -0.441. The third-order valence-corrected chi connectivity index (χ3v) is 7.44. The third kappa shape index (κ3) is 4.06. The van der Waals surface area contributed by atoms with E-state index in [1.54, 1.807) is 25.1 Å². The zero-order valence-electron chi connectivity index (χ0n) is 18.2. The van der Waals surface area contributed by atoms with Crippen molar-refractivity contribution in [1.82, 2.24) is 10.2 Å². The second-order valence-corrected chi connectivity index (χ2v) is 9.90. The normalized spacial score (nSPS) is 16.0. The first-order chi connectivity index (χ1) is 16.4. The lowest BCUT2D eigenvalue weighted by molar-refractivity contribution is -0.117. The highest BCUT2D eigenvalue weighted by Gasteiger charge is 2.48. The van der Waals surface area contributed by atoms with E-state index in [0.717, 1.165) is 5.56 Å². The number of anilines is 1. The van der Waals surface area contributed by atoms with Gasteiger partial charge in [0.15, 0.2) is 15.9 Å². The molecular weight excluding hydrogens is 474 g/mol. The molecule has 1 atom stereocenters. The molecule has 10 heteroatoms. The van der Waals surface area contributed by atoms with Gasteiger partial charge in [0.1, 0.15) is 17.6 Å². The smallest absolute Gasteiger partial charge is 0.296 e. The van der Waals surface area contributed by atoms with E-state index < -0.39 is 23.5 Å². The van der Waals surface area contributed by atoms with Crippen LogP contribution in [-0.2, 0) is 10.5 Å². The molecule has 0 bridgehead atoms. The maximum absolute atomic E-state index is 13.2. The van der Waals surface area contributed by atoms with E-state index in [1.807, 2.05) is 19.1 Å². The number of hydrogen-bond donors (Lipinski definition) is 1. The van der Waals surface area contributed by atoms with Crippen molar-refractivity contribution in [2.24, 2.45) is 0 Å². The average Bonchev–Trinajstić information content (AvgIpc) is 3.62. The Morgan fingerprint density at radius 2 is 1.94 bits per heavy atom. The molecule has 4 heterocycles. The summed E-state index contributed by atoms with van der Waals surface area (Å²) in [6.45, 7) is 3.74. The molecule has 172 valence electrons. The molecule has 1 N–H and O–H groups in total. The van der Waals surface area contributed by atoms with Gasteiger partial charge >= 0.3 is 0 Å². The molecule has 3 aromatic heterocycles. The summed E-state index contributed by atoms with van der Waals surface area (Å²) in [4.78, 5) is 27.6. The maximum Gasteiger partial charge on any atom is 0.296 e. The molecule has 4 aromatic rings. The Hall–Kier alpha value is -3.63. The quantitative estimate of drug-likeness (QED) is 0.207. The van der Waals surface area contributed by atoms with Crippen molar-refractivity contribution in [2.75, 3.05) is 4.90 Å². The van der Waals surface area contributed by atoms with Crippen molar-refractivity contribution < 1.29 is 23.5 Å². The van der Waals surface area contributed by atoms with Gasteiger partial charge in [-0.3, -0.25) is 14.5 Å². The summed E-state index contributed by atoms with van der Waals surface area (Å²) >= 11 is 2.70. The van der Waals surface area contributed by atoms with E-state index >= 15 is 0 Å². The van der Waals surface area contributed by atoms with Crippen LogP contribution < -0.4 is 4.90 Å². The van der Waals surface area contributed by atoms with Crippen LogP contribution >= 0.6 is 23.1 Å². The summed E-state index contributed by atoms with van der Waals surface area (Å²) in [5.41, 5.74) is 2.20. The molecule has 1 aliphatic heterocycles. The largest absolute Gasteiger partial charge is 0.503 e. The van der Waals surface area contributed by atoms with Gasteiger partial charge in [-0.15, -0.1) is 10.2 Å². The number of rotatable bonds is 7. The van der Waals surface area contributed by atoms with Gasteiger partial charge in [0.25, 0.3) is 5.91 Å². The van der Waals surface area contributed by atoms with Gasteiger partial charge in [0, 0.05) is 5.75 Å². The lowest BCUT2D eigenvalue weighted by Gasteiger charge is -2.21. The minimum Gasteiger partial charge on any atom is -0.503 e. The number of thioether (sulfide) groups is 1. The Morgan fingerprint density at radius 3 is 2.62 bits per heavy atom. The summed E-state index contributed by atoms with van der Waals surface area (Å²) in [5, 5.41) is 19.3. The fraction of sp³-hybridized carbons (Fsp3) is 0.167. The molecule has 5 rings (SSSR count). The Kier molecular flexibility index (Phi) is 5.84. The summed E-state index contributed by atoms with van der Waals surface area (Å²) in [7, 11) is 0. The summed E-state index contributed by atoms with van der Waals surface area (Å²) in [6, 6.07) is 13.6. The Balaban J connectivity index is 1.45. The maximum atomic E-state index is 13.2. The number of Topliss-reactive ketones (excluding diaryl/α,β-unsaturated/α-hetero) is 1. The predicted octanol–water partition coefficient (Wildman–Crippen LogP) is 5.42. The molecule has 0 fully saturated rings. The molecular formula is C24H19N3O5S2. The number of ketones is 1. The van der Waals surface area contributed by atoms with Crippen LogP contribution in [0.3, 0.4) is 0 Å². The van der Waals surface area contributed by atoms with Crippen molar-refractivity contribution in [3.63, 3.8) is 0 Å². The Labute approximate surface area is 202 Å². The highest BCUT2D eigenvalue weighted by molar-refractivity contribution is 8.00. The first kappa shape index (κ1) is 22.2. The lowest BCUT2D eigenvalue weighted by atomic mass is 10.00. The van der Waals surface area contributed by atoms with Gasteiger partial charge < -0.3 is 13.9 Å². The highest BCUT2D eigenvalue weighted by atomic mass is 32.2. The molecule has 8 nitrogen and oxygen atoms in total. The number of aliphatic hydroxyl groups excluding tert-OH is 1. The SMILES string of the molecule is Cc1ccc(CSc2nnc(N3C(=O)C(O)=C(C(=O)c4ccc(C)o4)C3c3ccco3)s2)cc1. The first-order valence-corrected chi connectivity index (χ1v) is 12.2. The monoisotopic (exact) mass is 493 g/mol. The van der Waals surface area contributed by atoms with Crippen molar-refractivity contribution in [2.45, 2.75) is 30.0 Å². The van der Waals surface area contributed by atoms with E-state index in [4.69, 9.17) is 8.83 Å². The highest BCUT2D eigenvalue weighted by Crippen LogP contribution is 2.44. The summed E-state index contributed by atoms with van der Waals surface area (Å²) in [6.07, 6.45) is 1.44. The van der Waals surface area contributed by atoms with Gasteiger partial charge in [0.2, 0.25) is 10.9 Å². The molecule has 1 amide bonds. The minimum atomic E-state index is -0.997. The topological polar surface area (TPSA) is 110 Å². The van der Waals surface area contributed by atoms with Crippen LogP contribution in [0.15, 0.2) is 79.3 Å². The zero-order valence-corrected chi connectivity index (χ0v) is 19.9. The second kappa shape index (κ2) is 8.96. The van der Waals surface area contributed by atoms with Crippen LogP contribution in [0, 0.1) is 13.8 Å². The van der Waals surface area contributed by atoms with E-state index in [9.17, 15) is 14.7 Å². The number of amides is 1. The molecule has 0 aliphatic carbocycles. The minimum absolute atomic E-state index is 0.0249. The van der Waals surface area contributed by atoms with Crippen LogP contribution in [-0.4, -0.2) is 27.0 Å². The third-order valence-electron chi connectivity index (χ3n) is 5.31. The average molecular weight is 494 g/mol. The second-order valence-electron chi connectivity index (χ2n) is 7.72. The van der Waals surface area contributed by atoms with Crippen molar-refractivity contribution in [3.05, 3.63) is 94.5 Å². The van der Waals surface area contributed by atoms with Crippen LogP contribution in [0.2, 0.25) is 0 Å². The lowest BCUT2D eigenvalue weighted by Crippen LogP contribution is -2.30. The van der Waals surface area contributed by atoms with Gasteiger partial charge in [0.05, 0.1) is 11.8 Å². The van der Waals surface area contributed by atoms with E-state index in [0.29, 0.717) is 21.6 Å². The fourth-order valence-corrected chi connectivity index (χ4v) is 5.45. The number of furan rings is 2. The van der Waals surface area contributed by atoms with Crippen LogP contribution in [0.1, 0.15) is 39.2 Å². The number of aliphatic hydroxyl groups is 1. The molecule has 1 aliphatic rings. The number of nitrogens with zero attached hydrogens (tertiary/aromatic N) is 3. The van der Waals surface area contributed by atoms with Crippen LogP contribution in [0.25, 0.3) is 0 Å². The number of carbonyl (C=O) groups excluding carboxylic acids is 2. The molecule has 0 spiro atoms. The van der Waals surface area contributed by atoms with E-state index in [-0.39, 0.29) is 16.5 Å². The predicted molar refractivity (Wildman–Crippen MR) is 127 cm³/mol. The Morgan fingerprint density at radius 1 is 1.15 bits per heavy atom. The first-order valence-electron chi connectivity index (χ1n) is 10.4. The van der Waals surface area contributed by atoms with Gasteiger partial charge in [-0.2, -0.15) is 0 Å².